The summed E-state index contributed by atoms with van der Waals surface area (Å²) in [5.74, 6) is 3.64. The van der Waals surface area contributed by atoms with Crippen LogP contribution in [0.5, 0.6) is 17.2 Å². The zero-order chi connectivity index (χ0) is 32.4. The SMILES string of the molecule is CC.CC(C)[N+](C(=O)c1cc(F)ccc1Oc1cncnc1N1CC2(CC(Oc3ccnc4c3CB(C#N)C4)C2)C1)=C1CCOC1. The Bertz CT molecular complexity index is 1690. The molecular formula is C34H39BFN6O4+. The monoisotopic (exact) mass is 625 g/mol. The first-order valence-corrected chi connectivity index (χ1v) is 16.1. The number of nitriles is 1. The molecule has 1 saturated carbocycles. The van der Waals surface area contributed by atoms with Gasteiger partial charge >= 0.3 is 5.91 Å². The largest absolute Gasteiger partial charge is 0.490 e. The van der Waals surface area contributed by atoms with E-state index < -0.39 is 5.82 Å². The van der Waals surface area contributed by atoms with Crippen LogP contribution in [0.1, 0.15) is 68.6 Å². The number of hydrogen-bond acceptors (Lipinski definition) is 9. The summed E-state index contributed by atoms with van der Waals surface area (Å²) in [6.07, 6.45) is 8.83. The van der Waals surface area contributed by atoms with Crippen LogP contribution < -0.4 is 14.4 Å². The molecule has 12 heteroatoms. The van der Waals surface area contributed by atoms with Gasteiger partial charge in [0.05, 0.1) is 19.2 Å². The highest BCUT2D eigenvalue weighted by atomic mass is 19.1. The van der Waals surface area contributed by atoms with Gasteiger partial charge in [-0.15, -0.1) is 0 Å². The van der Waals surface area contributed by atoms with Crippen LogP contribution in [0, 0.1) is 22.5 Å². The van der Waals surface area contributed by atoms with Gasteiger partial charge in [-0.25, -0.2) is 24.4 Å². The number of nitrogens with zero attached hydrogens (tertiary/aromatic N) is 6. The van der Waals surface area contributed by atoms with Crippen molar-refractivity contribution in [3.63, 3.8) is 0 Å². The number of halogens is 1. The lowest BCUT2D eigenvalue weighted by Gasteiger charge is -2.58. The van der Waals surface area contributed by atoms with E-state index in [0.29, 0.717) is 43.8 Å². The molecule has 1 spiro atoms. The normalized spacial score (nSPS) is 19.1. The molecule has 0 N–H and O–H groups in total. The van der Waals surface area contributed by atoms with Gasteiger partial charge in [0.1, 0.15) is 41.9 Å². The molecule has 3 aromatic rings. The third kappa shape index (κ3) is 6.08. The van der Waals surface area contributed by atoms with Crippen molar-refractivity contribution in [1.29, 1.82) is 5.26 Å². The van der Waals surface area contributed by atoms with E-state index in [1.54, 1.807) is 17.0 Å². The first-order chi connectivity index (χ1) is 22.3. The van der Waals surface area contributed by atoms with E-state index in [-0.39, 0.29) is 41.5 Å². The number of anilines is 1. The average molecular weight is 626 g/mol. The predicted molar refractivity (Wildman–Crippen MR) is 171 cm³/mol. The van der Waals surface area contributed by atoms with Crippen LogP contribution in [0.15, 0.2) is 43.0 Å². The Kier molecular flexibility index (Phi) is 9.05. The van der Waals surface area contributed by atoms with E-state index in [2.05, 4.69) is 25.8 Å². The first kappa shape index (κ1) is 31.6. The summed E-state index contributed by atoms with van der Waals surface area (Å²) < 4.78 is 34.3. The van der Waals surface area contributed by atoms with Gasteiger partial charge in [-0.2, -0.15) is 4.58 Å². The van der Waals surface area contributed by atoms with Gasteiger partial charge in [0, 0.05) is 41.9 Å². The number of ether oxygens (including phenoxy) is 3. The lowest BCUT2D eigenvalue weighted by atomic mass is 9.49. The Morgan fingerprint density at radius 2 is 1.98 bits per heavy atom. The number of carbonyl (C=O) groups excluding carboxylic acids is 1. The van der Waals surface area contributed by atoms with Crippen LogP contribution in [-0.4, -0.2) is 76.3 Å². The van der Waals surface area contributed by atoms with Gasteiger partial charge in [0.25, 0.3) is 6.71 Å². The summed E-state index contributed by atoms with van der Waals surface area (Å²) in [5.41, 5.74) is 3.19. The number of carbonyl (C=O) groups is 1. The van der Waals surface area contributed by atoms with Crippen molar-refractivity contribution in [3.05, 3.63) is 65.6 Å². The molecular weight excluding hydrogens is 586 g/mol. The minimum atomic E-state index is -0.519. The highest BCUT2D eigenvalue weighted by Gasteiger charge is 2.54. The molecule has 2 saturated heterocycles. The maximum Gasteiger partial charge on any atom is 0.423 e. The number of fused-ring (bicyclic) bond motifs is 1. The second-order valence-corrected chi connectivity index (χ2v) is 12.6. The lowest BCUT2D eigenvalue weighted by molar-refractivity contribution is -0.464. The Morgan fingerprint density at radius 1 is 1.17 bits per heavy atom. The van der Waals surface area contributed by atoms with E-state index in [4.69, 9.17) is 14.2 Å². The van der Waals surface area contributed by atoms with Crippen molar-refractivity contribution in [3.8, 4) is 23.2 Å². The highest BCUT2D eigenvalue weighted by molar-refractivity contribution is 6.67. The fourth-order valence-corrected chi connectivity index (χ4v) is 7.02. The van der Waals surface area contributed by atoms with E-state index >= 15 is 0 Å². The first-order valence-electron chi connectivity index (χ1n) is 16.1. The van der Waals surface area contributed by atoms with Gasteiger partial charge in [0.15, 0.2) is 23.3 Å². The molecule has 2 aromatic heterocycles. The zero-order valence-electron chi connectivity index (χ0n) is 26.8. The van der Waals surface area contributed by atoms with Crippen molar-refractivity contribution < 1.29 is 28.0 Å². The molecule has 0 bridgehead atoms. The van der Waals surface area contributed by atoms with Crippen molar-refractivity contribution in [2.75, 3.05) is 31.2 Å². The summed E-state index contributed by atoms with van der Waals surface area (Å²) >= 11 is 0. The Balaban J connectivity index is 0.00000182. The van der Waals surface area contributed by atoms with Gasteiger partial charge in [0.2, 0.25) is 0 Å². The minimum Gasteiger partial charge on any atom is -0.490 e. The summed E-state index contributed by atoms with van der Waals surface area (Å²) in [5, 5.41) is 9.35. The van der Waals surface area contributed by atoms with Crippen LogP contribution in [-0.2, 0) is 17.4 Å². The Labute approximate surface area is 269 Å². The molecule has 3 aliphatic heterocycles. The minimum absolute atomic E-state index is 0.0292. The van der Waals surface area contributed by atoms with Crippen LogP contribution >= 0.6 is 0 Å². The van der Waals surface area contributed by atoms with Crippen LogP contribution in [0.4, 0.5) is 10.2 Å². The van der Waals surface area contributed by atoms with E-state index in [9.17, 15) is 14.4 Å². The molecule has 46 heavy (non-hydrogen) atoms. The van der Waals surface area contributed by atoms with Crippen LogP contribution in [0.25, 0.3) is 0 Å². The molecule has 0 radical (unpaired) electrons. The molecule has 238 valence electrons. The second-order valence-electron chi connectivity index (χ2n) is 12.6. The molecule has 5 heterocycles. The number of aromatic nitrogens is 3. The third-order valence-corrected chi connectivity index (χ3v) is 9.07. The quantitative estimate of drug-likeness (QED) is 0.263. The maximum atomic E-state index is 14.4. The number of rotatable bonds is 7. The maximum absolute atomic E-state index is 14.4. The summed E-state index contributed by atoms with van der Waals surface area (Å²) in [7, 11) is 0. The fourth-order valence-electron chi connectivity index (χ4n) is 7.02. The number of amides is 1. The molecule has 1 amide bonds. The highest BCUT2D eigenvalue weighted by Crippen LogP contribution is 2.52. The van der Waals surface area contributed by atoms with Crippen molar-refractivity contribution in [2.45, 2.75) is 71.7 Å². The third-order valence-electron chi connectivity index (χ3n) is 9.07. The van der Waals surface area contributed by atoms with Gasteiger partial charge < -0.3 is 19.1 Å². The molecule has 4 aliphatic rings. The van der Waals surface area contributed by atoms with Crippen molar-refractivity contribution in [1.82, 2.24) is 15.0 Å². The molecule has 7 rings (SSSR count). The summed E-state index contributed by atoms with van der Waals surface area (Å²) in [6, 6.07) is 5.77. The fraction of sp³-hybridized carbons (Fsp3) is 0.471. The van der Waals surface area contributed by atoms with Gasteiger partial charge in [-0.05, 0) is 63.6 Å². The van der Waals surface area contributed by atoms with E-state index in [1.165, 1.54) is 24.5 Å². The zero-order valence-corrected chi connectivity index (χ0v) is 26.8. The standard InChI is InChI=1S/C32H33BFN6O4.C2H6/c1-20(2)40(22-6-8-42-15-22)31(41)24-9-21(34)3-4-27(24)44-29-14-36-19-38-30(29)39-16-32(17-39)10-23(11-32)43-28-5-7-37-26-13-33(18-35)12-25(26)28;1-2/h3-5,7,9,14,19-20,23H,6,8,10-13,15-17H2,1-2H3;1-2H3/q+1;. The van der Waals surface area contributed by atoms with Gasteiger partial charge in [-0.3, -0.25) is 4.98 Å². The van der Waals surface area contributed by atoms with E-state index in [0.717, 1.165) is 48.6 Å². The van der Waals surface area contributed by atoms with E-state index in [1.807, 2.05) is 33.8 Å². The molecule has 1 aromatic carbocycles. The number of benzene rings is 1. The van der Waals surface area contributed by atoms with Crippen LogP contribution in [0.2, 0.25) is 0 Å². The molecule has 0 unspecified atom stereocenters. The summed E-state index contributed by atoms with van der Waals surface area (Å²) in [6.45, 7) is 10.3. The van der Waals surface area contributed by atoms with Crippen LogP contribution in [0.3, 0.4) is 0 Å². The molecule has 0 atom stereocenters. The number of hydrogen-bond donors (Lipinski definition) is 0. The predicted octanol–water partition coefficient (Wildman–Crippen LogP) is 5.03. The average Bonchev–Trinajstić information content (AvgIpc) is 3.71. The smallest absolute Gasteiger partial charge is 0.423 e. The second kappa shape index (κ2) is 13.2. The molecule has 3 fully saturated rings. The molecule has 10 nitrogen and oxygen atoms in total. The Morgan fingerprint density at radius 3 is 2.70 bits per heavy atom. The topological polar surface area (TPSA) is 113 Å². The van der Waals surface area contributed by atoms with Gasteiger partial charge in [-0.1, -0.05) is 13.8 Å². The Hall–Kier alpha value is -4.37. The van der Waals surface area contributed by atoms with Crippen molar-refractivity contribution in [2.24, 2.45) is 5.41 Å². The number of pyridine rings is 1. The summed E-state index contributed by atoms with van der Waals surface area (Å²) in [4.78, 5) is 29.0. The lowest BCUT2D eigenvalue weighted by Crippen LogP contribution is -2.65. The molecule has 1 aliphatic carbocycles. The van der Waals surface area contributed by atoms with Crippen molar-refractivity contribution >= 4 is 24.1 Å².